The lowest BCUT2D eigenvalue weighted by molar-refractivity contribution is 0.260. The quantitative estimate of drug-likeness (QED) is 0.674. The van der Waals surface area contributed by atoms with E-state index < -0.39 is 6.67 Å². The summed E-state index contributed by atoms with van der Waals surface area (Å²) in [5.41, 5.74) is 0. The number of hydrogen-bond acceptors (Lipinski definition) is 3. The van der Waals surface area contributed by atoms with Crippen LogP contribution in [0.4, 0.5) is 4.39 Å². The molecule has 2 rings (SSSR count). The van der Waals surface area contributed by atoms with Crippen LogP contribution < -0.4 is 9.47 Å². The van der Waals surface area contributed by atoms with Gasteiger partial charge in [0.05, 0.1) is 6.61 Å². The molecule has 4 heteroatoms. The summed E-state index contributed by atoms with van der Waals surface area (Å²) in [7, 11) is 0. The first-order chi connectivity index (χ1) is 7.38. The van der Waals surface area contributed by atoms with E-state index in [4.69, 9.17) is 14.2 Å². The third-order valence-corrected chi connectivity index (χ3v) is 2.01. The molecule has 1 aliphatic rings. The lowest BCUT2D eigenvalue weighted by Gasteiger charge is -2.06. The molecule has 0 N–H and O–H groups in total. The van der Waals surface area contributed by atoms with E-state index in [0.29, 0.717) is 12.4 Å². The second-order valence-electron chi connectivity index (χ2n) is 3.28. The van der Waals surface area contributed by atoms with Crippen molar-refractivity contribution in [1.82, 2.24) is 0 Å². The van der Waals surface area contributed by atoms with E-state index in [0.717, 1.165) is 12.4 Å². The Hall–Kier alpha value is -1.29. The monoisotopic (exact) mass is 212 g/mol. The molecular formula is C11H13FO3. The minimum atomic E-state index is -0.475. The van der Waals surface area contributed by atoms with Crippen LogP contribution in [-0.2, 0) is 4.74 Å². The topological polar surface area (TPSA) is 31.0 Å². The number of benzene rings is 1. The minimum Gasteiger partial charge on any atom is -0.491 e. The first-order valence-electron chi connectivity index (χ1n) is 4.92. The first kappa shape index (κ1) is 10.2. The molecule has 0 spiro atoms. The Morgan fingerprint density at radius 2 is 1.80 bits per heavy atom. The molecule has 1 atom stereocenters. The van der Waals surface area contributed by atoms with E-state index in [1.165, 1.54) is 0 Å². The second-order valence-corrected chi connectivity index (χ2v) is 3.28. The molecule has 1 aliphatic heterocycles. The van der Waals surface area contributed by atoms with Crippen LogP contribution in [0.1, 0.15) is 0 Å². The molecule has 3 nitrogen and oxygen atoms in total. The Labute approximate surface area is 87.8 Å². The van der Waals surface area contributed by atoms with Crippen molar-refractivity contribution in [1.29, 1.82) is 0 Å². The van der Waals surface area contributed by atoms with Gasteiger partial charge in [-0.3, -0.25) is 0 Å². The van der Waals surface area contributed by atoms with Crippen LogP contribution in [0.3, 0.4) is 0 Å². The van der Waals surface area contributed by atoms with Crippen LogP contribution in [0, 0.1) is 0 Å². The Morgan fingerprint density at radius 1 is 1.20 bits per heavy atom. The molecule has 0 aromatic heterocycles. The summed E-state index contributed by atoms with van der Waals surface area (Å²) in [5, 5.41) is 0. The smallest absolute Gasteiger partial charge is 0.123 e. The molecule has 1 saturated heterocycles. The van der Waals surface area contributed by atoms with E-state index in [1.807, 2.05) is 0 Å². The van der Waals surface area contributed by atoms with Gasteiger partial charge in [-0.05, 0) is 24.3 Å². The van der Waals surface area contributed by atoms with Crippen molar-refractivity contribution in [2.75, 3.05) is 26.5 Å². The molecule has 1 aromatic carbocycles. The van der Waals surface area contributed by atoms with Gasteiger partial charge in [-0.15, -0.1) is 0 Å². The van der Waals surface area contributed by atoms with Gasteiger partial charge in [-0.2, -0.15) is 0 Å². The maximum atomic E-state index is 11.8. The number of epoxide rings is 1. The molecular weight excluding hydrogens is 199 g/mol. The standard InChI is InChI=1S/C11H13FO3/c12-5-6-13-9-1-3-10(4-2-9)14-7-11-8-15-11/h1-4,11H,5-8H2/t11-/m1/s1. The third kappa shape index (κ3) is 3.40. The van der Waals surface area contributed by atoms with Gasteiger partial charge < -0.3 is 14.2 Å². The summed E-state index contributed by atoms with van der Waals surface area (Å²) in [6.07, 6.45) is 0.257. The highest BCUT2D eigenvalue weighted by atomic mass is 19.1. The van der Waals surface area contributed by atoms with Gasteiger partial charge in [0.15, 0.2) is 0 Å². The number of halogens is 1. The lowest BCUT2D eigenvalue weighted by atomic mass is 10.3. The van der Waals surface area contributed by atoms with Gasteiger partial charge in [-0.1, -0.05) is 0 Å². The van der Waals surface area contributed by atoms with Crippen molar-refractivity contribution < 1.29 is 18.6 Å². The summed E-state index contributed by atoms with van der Waals surface area (Å²) >= 11 is 0. The largest absolute Gasteiger partial charge is 0.491 e. The molecule has 1 heterocycles. The molecule has 82 valence electrons. The zero-order chi connectivity index (χ0) is 10.5. The second kappa shape index (κ2) is 4.98. The Kier molecular flexibility index (Phi) is 3.40. The molecule has 0 bridgehead atoms. The first-order valence-corrected chi connectivity index (χ1v) is 4.92. The van der Waals surface area contributed by atoms with Gasteiger partial charge in [0.25, 0.3) is 0 Å². The van der Waals surface area contributed by atoms with Gasteiger partial charge >= 0.3 is 0 Å². The maximum absolute atomic E-state index is 11.8. The van der Waals surface area contributed by atoms with Crippen molar-refractivity contribution >= 4 is 0 Å². The van der Waals surface area contributed by atoms with E-state index in [-0.39, 0.29) is 12.7 Å². The molecule has 1 fully saturated rings. The molecule has 0 amide bonds. The highest BCUT2D eigenvalue weighted by Gasteiger charge is 2.22. The SMILES string of the molecule is FCCOc1ccc(OC[C@@H]2CO2)cc1. The zero-order valence-corrected chi connectivity index (χ0v) is 8.32. The van der Waals surface area contributed by atoms with E-state index in [2.05, 4.69) is 0 Å². The Bertz CT molecular complexity index is 295. The fraction of sp³-hybridized carbons (Fsp3) is 0.455. The van der Waals surface area contributed by atoms with Crippen molar-refractivity contribution in [2.24, 2.45) is 0 Å². The predicted octanol–water partition coefficient (Wildman–Crippen LogP) is 1.81. The van der Waals surface area contributed by atoms with Crippen LogP contribution in [-0.4, -0.2) is 32.6 Å². The van der Waals surface area contributed by atoms with Crippen molar-refractivity contribution in [3.05, 3.63) is 24.3 Å². The molecule has 0 aliphatic carbocycles. The maximum Gasteiger partial charge on any atom is 0.123 e. The molecule has 1 aromatic rings. The Balaban J connectivity index is 1.79. The van der Waals surface area contributed by atoms with Gasteiger partial charge in [0, 0.05) is 0 Å². The number of alkyl halides is 1. The fourth-order valence-corrected chi connectivity index (χ4v) is 1.14. The summed E-state index contributed by atoms with van der Waals surface area (Å²) < 4.78 is 27.4. The molecule has 0 unspecified atom stereocenters. The molecule has 0 radical (unpaired) electrons. The minimum absolute atomic E-state index is 0.0934. The molecule has 0 saturated carbocycles. The summed E-state index contributed by atoms with van der Waals surface area (Å²) in [4.78, 5) is 0. The van der Waals surface area contributed by atoms with E-state index in [9.17, 15) is 4.39 Å². The third-order valence-electron chi connectivity index (χ3n) is 2.01. The van der Waals surface area contributed by atoms with Gasteiger partial charge in [0.2, 0.25) is 0 Å². The van der Waals surface area contributed by atoms with Crippen LogP contribution in [0.25, 0.3) is 0 Å². The van der Waals surface area contributed by atoms with E-state index in [1.54, 1.807) is 24.3 Å². The average Bonchev–Trinajstić information content (AvgIpc) is 3.09. The van der Waals surface area contributed by atoms with Crippen LogP contribution in [0.15, 0.2) is 24.3 Å². The Morgan fingerprint density at radius 3 is 2.33 bits per heavy atom. The van der Waals surface area contributed by atoms with Crippen molar-refractivity contribution in [2.45, 2.75) is 6.10 Å². The van der Waals surface area contributed by atoms with E-state index >= 15 is 0 Å². The zero-order valence-electron chi connectivity index (χ0n) is 8.32. The summed E-state index contributed by atoms with van der Waals surface area (Å²) in [5.74, 6) is 1.43. The highest BCUT2D eigenvalue weighted by molar-refractivity contribution is 5.31. The lowest BCUT2D eigenvalue weighted by Crippen LogP contribution is -2.04. The predicted molar refractivity (Wildman–Crippen MR) is 53.1 cm³/mol. The number of hydrogen-bond donors (Lipinski definition) is 0. The van der Waals surface area contributed by atoms with Crippen LogP contribution in [0.5, 0.6) is 11.5 Å². The highest BCUT2D eigenvalue weighted by Crippen LogP contribution is 2.19. The van der Waals surface area contributed by atoms with Crippen molar-refractivity contribution in [3.8, 4) is 11.5 Å². The van der Waals surface area contributed by atoms with Crippen molar-refractivity contribution in [3.63, 3.8) is 0 Å². The van der Waals surface area contributed by atoms with Crippen LogP contribution in [0.2, 0.25) is 0 Å². The number of rotatable bonds is 6. The van der Waals surface area contributed by atoms with Gasteiger partial charge in [0.1, 0.15) is 37.5 Å². The number of ether oxygens (including phenoxy) is 3. The summed E-state index contributed by atoms with van der Waals surface area (Å²) in [6, 6.07) is 7.13. The molecule has 15 heavy (non-hydrogen) atoms. The fourth-order valence-electron chi connectivity index (χ4n) is 1.14. The average molecular weight is 212 g/mol. The summed E-state index contributed by atoms with van der Waals surface area (Å²) in [6.45, 7) is 0.996. The van der Waals surface area contributed by atoms with Crippen LogP contribution >= 0.6 is 0 Å². The van der Waals surface area contributed by atoms with Gasteiger partial charge in [-0.25, -0.2) is 4.39 Å². The normalized spacial score (nSPS) is 18.6.